The molecule has 1 heterocycles. The van der Waals surface area contributed by atoms with Crippen LogP contribution in [0.4, 0.5) is 5.95 Å². The lowest BCUT2D eigenvalue weighted by Crippen LogP contribution is -2.03. The molecule has 0 radical (unpaired) electrons. The minimum absolute atomic E-state index is 0.322. The van der Waals surface area contributed by atoms with Crippen molar-refractivity contribution in [3.63, 3.8) is 0 Å². The second-order valence-electron chi connectivity index (χ2n) is 4.40. The van der Waals surface area contributed by atoms with Gasteiger partial charge in [-0.15, -0.1) is 0 Å². The molecule has 4 nitrogen and oxygen atoms in total. The Balaban J connectivity index is 1.84. The molecule has 1 aliphatic carbocycles. The van der Waals surface area contributed by atoms with Crippen LogP contribution in [0.2, 0.25) is 0 Å². The van der Waals surface area contributed by atoms with Crippen molar-refractivity contribution in [1.29, 1.82) is 0 Å². The molecule has 1 fully saturated rings. The Morgan fingerprint density at radius 2 is 1.89 bits per heavy atom. The average molecular weight is 258 g/mol. The number of rotatable bonds is 3. The number of hydrogen-bond donors (Lipinski definition) is 1. The number of anilines is 1. The van der Waals surface area contributed by atoms with E-state index in [0.29, 0.717) is 22.9 Å². The van der Waals surface area contributed by atoms with Crippen LogP contribution in [-0.4, -0.2) is 21.2 Å². The molecule has 1 saturated carbocycles. The highest BCUT2D eigenvalue weighted by Gasteiger charge is 2.42. The van der Waals surface area contributed by atoms with Crippen LogP contribution in [0.1, 0.15) is 29.6 Å². The van der Waals surface area contributed by atoms with Crippen molar-refractivity contribution in [2.75, 3.05) is 12.0 Å². The van der Waals surface area contributed by atoms with Gasteiger partial charge in [0, 0.05) is 5.92 Å². The molecule has 2 aromatic rings. The van der Waals surface area contributed by atoms with Gasteiger partial charge in [0.05, 0.1) is 0 Å². The van der Waals surface area contributed by atoms with Crippen molar-refractivity contribution in [3.8, 4) is 0 Å². The first-order valence-corrected chi connectivity index (χ1v) is 7.11. The van der Waals surface area contributed by atoms with Crippen LogP contribution in [0.15, 0.2) is 35.5 Å². The van der Waals surface area contributed by atoms with E-state index in [9.17, 15) is 0 Å². The summed E-state index contributed by atoms with van der Waals surface area (Å²) in [6, 6.07) is 10.5. The van der Waals surface area contributed by atoms with Crippen molar-refractivity contribution in [3.05, 3.63) is 41.7 Å². The first kappa shape index (κ1) is 11.5. The SMILES string of the molecule is CSc1nc(N)nc(C2CC2c2ccccc2)n1. The van der Waals surface area contributed by atoms with E-state index in [2.05, 4.69) is 39.2 Å². The minimum Gasteiger partial charge on any atom is -0.368 e. The molecule has 0 amide bonds. The van der Waals surface area contributed by atoms with Crippen LogP contribution < -0.4 is 5.73 Å². The van der Waals surface area contributed by atoms with Gasteiger partial charge in [-0.1, -0.05) is 42.1 Å². The van der Waals surface area contributed by atoms with E-state index in [1.165, 1.54) is 17.3 Å². The minimum atomic E-state index is 0.322. The molecule has 18 heavy (non-hydrogen) atoms. The molecule has 0 saturated heterocycles. The summed E-state index contributed by atoms with van der Waals surface area (Å²) in [6.07, 6.45) is 3.04. The third kappa shape index (κ3) is 2.18. The van der Waals surface area contributed by atoms with Crippen LogP contribution in [0.3, 0.4) is 0 Å². The quantitative estimate of drug-likeness (QED) is 0.857. The maximum absolute atomic E-state index is 5.71. The van der Waals surface area contributed by atoms with Gasteiger partial charge in [-0.2, -0.15) is 9.97 Å². The number of nitrogens with two attached hydrogens (primary N) is 1. The summed E-state index contributed by atoms with van der Waals surface area (Å²) in [6.45, 7) is 0. The lowest BCUT2D eigenvalue weighted by Gasteiger charge is -2.03. The van der Waals surface area contributed by atoms with Gasteiger partial charge in [-0.25, -0.2) is 4.98 Å². The van der Waals surface area contributed by atoms with Gasteiger partial charge in [0.2, 0.25) is 5.95 Å². The summed E-state index contributed by atoms with van der Waals surface area (Å²) in [5, 5.41) is 0.705. The Labute approximate surface area is 110 Å². The summed E-state index contributed by atoms with van der Waals surface area (Å²) in [5.41, 5.74) is 7.06. The molecule has 0 aliphatic heterocycles. The largest absolute Gasteiger partial charge is 0.368 e. The summed E-state index contributed by atoms with van der Waals surface area (Å²) in [5.74, 6) is 2.08. The molecule has 1 aliphatic rings. The third-order valence-electron chi connectivity index (χ3n) is 3.18. The third-order valence-corrected chi connectivity index (χ3v) is 3.73. The topological polar surface area (TPSA) is 64.7 Å². The Bertz CT molecular complexity index is 558. The predicted molar refractivity (Wildman–Crippen MR) is 72.6 cm³/mol. The van der Waals surface area contributed by atoms with Crippen molar-refractivity contribution in [2.45, 2.75) is 23.4 Å². The van der Waals surface area contributed by atoms with Gasteiger partial charge in [0.15, 0.2) is 5.16 Å². The highest BCUT2D eigenvalue weighted by molar-refractivity contribution is 7.98. The smallest absolute Gasteiger partial charge is 0.224 e. The van der Waals surface area contributed by atoms with Crippen molar-refractivity contribution in [1.82, 2.24) is 15.0 Å². The van der Waals surface area contributed by atoms with Gasteiger partial charge in [-0.05, 0) is 24.2 Å². The van der Waals surface area contributed by atoms with Crippen molar-refractivity contribution in [2.24, 2.45) is 0 Å². The van der Waals surface area contributed by atoms with Crippen LogP contribution >= 0.6 is 11.8 Å². The maximum atomic E-state index is 5.71. The molecule has 2 atom stereocenters. The van der Waals surface area contributed by atoms with Crippen LogP contribution in [0, 0.1) is 0 Å². The number of nitrogen functional groups attached to an aromatic ring is 1. The van der Waals surface area contributed by atoms with E-state index < -0.39 is 0 Å². The van der Waals surface area contributed by atoms with E-state index in [0.717, 1.165) is 12.2 Å². The summed E-state index contributed by atoms with van der Waals surface area (Å²) in [4.78, 5) is 12.8. The van der Waals surface area contributed by atoms with Crippen molar-refractivity contribution < 1.29 is 0 Å². The van der Waals surface area contributed by atoms with Gasteiger partial charge in [-0.3, -0.25) is 0 Å². The monoisotopic (exact) mass is 258 g/mol. The zero-order valence-corrected chi connectivity index (χ0v) is 10.9. The molecule has 3 rings (SSSR count). The Hall–Kier alpha value is -1.62. The molecule has 5 heteroatoms. The summed E-state index contributed by atoms with van der Waals surface area (Å²) in [7, 11) is 0. The number of benzene rings is 1. The van der Waals surface area contributed by atoms with Gasteiger partial charge in [0.1, 0.15) is 5.82 Å². The van der Waals surface area contributed by atoms with E-state index >= 15 is 0 Å². The highest BCUT2D eigenvalue weighted by atomic mass is 32.2. The van der Waals surface area contributed by atoms with E-state index in [4.69, 9.17) is 5.73 Å². The fraction of sp³-hybridized carbons (Fsp3) is 0.308. The number of thioether (sulfide) groups is 1. The predicted octanol–water partition coefficient (Wildman–Crippen LogP) is 2.45. The molecular formula is C13H14N4S. The molecule has 0 bridgehead atoms. The molecule has 1 aromatic heterocycles. The van der Waals surface area contributed by atoms with Gasteiger partial charge >= 0.3 is 0 Å². The van der Waals surface area contributed by atoms with E-state index in [-0.39, 0.29) is 0 Å². The fourth-order valence-corrected chi connectivity index (χ4v) is 2.56. The van der Waals surface area contributed by atoms with Crippen molar-refractivity contribution >= 4 is 17.7 Å². The number of aromatic nitrogens is 3. The Morgan fingerprint density at radius 3 is 2.61 bits per heavy atom. The molecule has 2 N–H and O–H groups in total. The molecular weight excluding hydrogens is 244 g/mol. The molecule has 0 spiro atoms. The zero-order chi connectivity index (χ0) is 12.5. The Kier molecular flexibility index (Phi) is 2.91. The van der Waals surface area contributed by atoms with E-state index in [1.54, 1.807) is 0 Å². The second kappa shape index (κ2) is 4.57. The fourth-order valence-electron chi connectivity index (χ4n) is 2.19. The highest BCUT2D eigenvalue weighted by Crippen LogP contribution is 2.53. The number of hydrogen-bond acceptors (Lipinski definition) is 5. The molecule has 1 aromatic carbocycles. The standard InChI is InChI=1S/C13H14N4S/c1-18-13-16-11(15-12(14)17-13)10-7-9(10)8-5-3-2-4-6-8/h2-6,9-10H,7H2,1H3,(H2,14,15,16,17). The lowest BCUT2D eigenvalue weighted by atomic mass is 10.1. The summed E-state index contributed by atoms with van der Waals surface area (Å²) < 4.78 is 0. The summed E-state index contributed by atoms with van der Waals surface area (Å²) >= 11 is 1.50. The first-order chi connectivity index (χ1) is 8.78. The van der Waals surface area contributed by atoms with E-state index in [1.807, 2.05) is 12.3 Å². The average Bonchev–Trinajstić information content (AvgIpc) is 3.19. The Morgan fingerprint density at radius 1 is 1.11 bits per heavy atom. The molecule has 92 valence electrons. The van der Waals surface area contributed by atoms with Crippen LogP contribution in [0.5, 0.6) is 0 Å². The first-order valence-electron chi connectivity index (χ1n) is 5.88. The van der Waals surface area contributed by atoms with Gasteiger partial charge in [0.25, 0.3) is 0 Å². The van der Waals surface area contributed by atoms with Crippen LogP contribution in [-0.2, 0) is 0 Å². The zero-order valence-electron chi connectivity index (χ0n) is 10.1. The molecule has 2 unspecified atom stereocenters. The second-order valence-corrected chi connectivity index (χ2v) is 5.17. The van der Waals surface area contributed by atoms with Gasteiger partial charge < -0.3 is 5.73 Å². The maximum Gasteiger partial charge on any atom is 0.224 e. The lowest BCUT2D eigenvalue weighted by molar-refractivity contribution is 0.805. The van der Waals surface area contributed by atoms with Crippen LogP contribution in [0.25, 0.3) is 0 Å². The number of nitrogens with zero attached hydrogens (tertiary/aromatic N) is 3. The normalized spacial score (nSPS) is 21.8.